The van der Waals surface area contributed by atoms with Gasteiger partial charge in [-0.3, -0.25) is 0 Å². The Morgan fingerprint density at radius 2 is 1.59 bits per heavy atom. The summed E-state index contributed by atoms with van der Waals surface area (Å²) in [5.74, 6) is 0.771. The van der Waals surface area contributed by atoms with Crippen LogP contribution in [0.25, 0.3) is 0 Å². The maximum absolute atomic E-state index is 6.45. The van der Waals surface area contributed by atoms with E-state index in [-0.39, 0.29) is 0 Å². The lowest BCUT2D eigenvalue weighted by Crippen LogP contribution is -2.46. The van der Waals surface area contributed by atoms with Gasteiger partial charge in [0.25, 0.3) is 0 Å². The molecule has 100 valence electrons. The number of ether oxygens (including phenoxy) is 1. The first-order chi connectivity index (χ1) is 8.31. The third kappa shape index (κ3) is 3.69. The number of rotatable bonds is 4. The van der Waals surface area contributed by atoms with Crippen LogP contribution in [-0.2, 0) is 4.74 Å². The average Bonchev–Trinajstić information content (AvgIpc) is 2.35. The zero-order valence-corrected chi connectivity index (χ0v) is 11.6. The Hall–Kier alpha value is -0.0800. The van der Waals surface area contributed by atoms with E-state index in [0.29, 0.717) is 18.2 Å². The van der Waals surface area contributed by atoms with Gasteiger partial charge in [-0.1, -0.05) is 39.5 Å². The summed E-state index contributed by atoms with van der Waals surface area (Å²) in [4.78, 5) is 0. The van der Waals surface area contributed by atoms with E-state index in [0.717, 1.165) is 12.5 Å². The summed E-state index contributed by atoms with van der Waals surface area (Å²) in [7, 11) is 0. The molecule has 2 aliphatic carbocycles. The van der Waals surface area contributed by atoms with Crippen molar-refractivity contribution in [1.29, 1.82) is 0 Å². The molecule has 2 fully saturated rings. The SMILES string of the molecule is CCNC1CCCCC1OC1CCCCC1C. The van der Waals surface area contributed by atoms with Crippen molar-refractivity contribution in [2.24, 2.45) is 5.92 Å². The highest BCUT2D eigenvalue weighted by Gasteiger charge is 2.30. The van der Waals surface area contributed by atoms with Crippen molar-refractivity contribution in [3.8, 4) is 0 Å². The van der Waals surface area contributed by atoms with Crippen molar-refractivity contribution < 1.29 is 4.74 Å². The molecule has 2 nitrogen and oxygen atoms in total. The largest absolute Gasteiger partial charge is 0.373 e. The molecule has 1 N–H and O–H groups in total. The number of likely N-dealkylation sites (N-methyl/N-ethyl adjacent to an activating group) is 1. The molecule has 0 heterocycles. The van der Waals surface area contributed by atoms with Crippen LogP contribution in [0.1, 0.15) is 65.2 Å². The highest BCUT2D eigenvalue weighted by Crippen LogP contribution is 2.30. The molecule has 4 atom stereocenters. The van der Waals surface area contributed by atoms with E-state index in [1.807, 2.05) is 0 Å². The van der Waals surface area contributed by atoms with Crippen molar-refractivity contribution in [3.63, 3.8) is 0 Å². The number of hydrogen-bond donors (Lipinski definition) is 1. The monoisotopic (exact) mass is 239 g/mol. The van der Waals surface area contributed by atoms with Crippen molar-refractivity contribution in [2.75, 3.05) is 6.54 Å². The molecule has 0 saturated heterocycles. The van der Waals surface area contributed by atoms with E-state index < -0.39 is 0 Å². The van der Waals surface area contributed by atoms with Crippen LogP contribution >= 0.6 is 0 Å². The van der Waals surface area contributed by atoms with Gasteiger partial charge in [0.15, 0.2) is 0 Å². The number of hydrogen-bond acceptors (Lipinski definition) is 2. The summed E-state index contributed by atoms with van der Waals surface area (Å²) < 4.78 is 6.45. The van der Waals surface area contributed by atoms with E-state index in [4.69, 9.17) is 4.74 Å². The lowest BCUT2D eigenvalue weighted by atomic mass is 9.86. The van der Waals surface area contributed by atoms with Gasteiger partial charge >= 0.3 is 0 Å². The Bertz CT molecular complexity index is 217. The molecule has 0 aliphatic heterocycles. The molecule has 0 amide bonds. The number of nitrogens with one attached hydrogen (secondary N) is 1. The fourth-order valence-electron chi connectivity index (χ4n) is 3.46. The smallest absolute Gasteiger partial charge is 0.0731 e. The molecule has 4 unspecified atom stereocenters. The lowest BCUT2D eigenvalue weighted by molar-refractivity contribution is -0.0809. The van der Waals surface area contributed by atoms with E-state index in [1.54, 1.807) is 0 Å². The summed E-state index contributed by atoms with van der Waals surface area (Å²) in [6, 6.07) is 0.614. The molecule has 0 aromatic carbocycles. The van der Waals surface area contributed by atoms with Gasteiger partial charge in [-0.2, -0.15) is 0 Å². The first-order valence-electron chi connectivity index (χ1n) is 7.70. The highest BCUT2D eigenvalue weighted by atomic mass is 16.5. The highest BCUT2D eigenvalue weighted by molar-refractivity contribution is 4.84. The molecule has 0 bridgehead atoms. The second-order valence-electron chi connectivity index (χ2n) is 5.92. The van der Waals surface area contributed by atoms with E-state index >= 15 is 0 Å². The molecule has 0 spiro atoms. The zero-order valence-electron chi connectivity index (χ0n) is 11.6. The minimum absolute atomic E-state index is 0.481. The molecule has 2 heteroatoms. The fourth-order valence-corrected chi connectivity index (χ4v) is 3.46. The molecule has 0 aromatic rings. The van der Waals surface area contributed by atoms with Crippen LogP contribution in [-0.4, -0.2) is 24.8 Å². The normalized spacial score (nSPS) is 39.2. The second-order valence-corrected chi connectivity index (χ2v) is 5.92. The third-order valence-electron chi connectivity index (χ3n) is 4.55. The van der Waals surface area contributed by atoms with Gasteiger partial charge in [0.05, 0.1) is 12.2 Å². The molecule has 0 radical (unpaired) electrons. The van der Waals surface area contributed by atoms with Gasteiger partial charge < -0.3 is 10.1 Å². The molecule has 0 aromatic heterocycles. The van der Waals surface area contributed by atoms with Gasteiger partial charge in [0.2, 0.25) is 0 Å². The molecule has 17 heavy (non-hydrogen) atoms. The van der Waals surface area contributed by atoms with Crippen LogP contribution < -0.4 is 5.32 Å². The molecule has 2 aliphatic rings. The van der Waals surface area contributed by atoms with Crippen LogP contribution in [0.5, 0.6) is 0 Å². The van der Waals surface area contributed by atoms with Crippen LogP contribution in [0.4, 0.5) is 0 Å². The zero-order chi connectivity index (χ0) is 12.1. The quantitative estimate of drug-likeness (QED) is 0.810. The standard InChI is InChI=1S/C15H29NO/c1-3-16-13-9-5-7-11-15(13)17-14-10-6-4-8-12(14)2/h12-16H,3-11H2,1-2H3. The van der Waals surface area contributed by atoms with Gasteiger partial charge in [-0.15, -0.1) is 0 Å². The predicted octanol–water partition coefficient (Wildman–Crippen LogP) is 3.50. The van der Waals surface area contributed by atoms with Gasteiger partial charge in [0, 0.05) is 6.04 Å². The topological polar surface area (TPSA) is 21.3 Å². The minimum Gasteiger partial charge on any atom is -0.373 e. The molecule has 2 saturated carbocycles. The lowest BCUT2D eigenvalue weighted by Gasteiger charge is -2.38. The first-order valence-corrected chi connectivity index (χ1v) is 7.70. The Labute approximate surface area is 107 Å². The van der Waals surface area contributed by atoms with E-state index in [1.165, 1.54) is 51.4 Å². The molecular formula is C15H29NO. The average molecular weight is 239 g/mol. The summed E-state index contributed by atoms with van der Waals surface area (Å²) in [6.07, 6.45) is 11.7. The van der Waals surface area contributed by atoms with Crippen molar-refractivity contribution in [1.82, 2.24) is 5.32 Å². The van der Waals surface area contributed by atoms with Gasteiger partial charge in [0.1, 0.15) is 0 Å². The Balaban J connectivity index is 1.85. The van der Waals surface area contributed by atoms with Crippen LogP contribution in [0.3, 0.4) is 0 Å². The summed E-state index contributed by atoms with van der Waals surface area (Å²) in [6.45, 7) is 5.65. The molecule has 2 rings (SSSR count). The van der Waals surface area contributed by atoms with Crippen molar-refractivity contribution in [3.05, 3.63) is 0 Å². The van der Waals surface area contributed by atoms with Crippen LogP contribution in [0, 0.1) is 5.92 Å². The first kappa shape index (κ1) is 13.4. The van der Waals surface area contributed by atoms with Crippen molar-refractivity contribution in [2.45, 2.75) is 83.5 Å². The summed E-state index contributed by atoms with van der Waals surface area (Å²) in [5, 5.41) is 3.61. The predicted molar refractivity (Wildman–Crippen MR) is 72.2 cm³/mol. The maximum Gasteiger partial charge on any atom is 0.0731 e. The Morgan fingerprint density at radius 3 is 2.29 bits per heavy atom. The summed E-state index contributed by atoms with van der Waals surface area (Å²) >= 11 is 0. The Kier molecular flexibility index (Phi) is 5.30. The van der Waals surface area contributed by atoms with Gasteiger partial charge in [-0.25, -0.2) is 0 Å². The fraction of sp³-hybridized carbons (Fsp3) is 1.00. The van der Waals surface area contributed by atoms with E-state index in [9.17, 15) is 0 Å². The Morgan fingerprint density at radius 1 is 0.941 bits per heavy atom. The van der Waals surface area contributed by atoms with Gasteiger partial charge in [-0.05, 0) is 38.1 Å². The van der Waals surface area contributed by atoms with E-state index in [2.05, 4.69) is 19.2 Å². The summed E-state index contributed by atoms with van der Waals surface area (Å²) in [5.41, 5.74) is 0. The second kappa shape index (κ2) is 6.75. The molecular weight excluding hydrogens is 210 g/mol. The van der Waals surface area contributed by atoms with Crippen LogP contribution in [0.2, 0.25) is 0 Å². The maximum atomic E-state index is 6.45. The van der Waals surface area contributed by atoms with Crippen molar-refractivity contribution >= 4 is 0 Å². The van der Waals surface area contributed by atoms with Crippen LogP contribution in [0.15, 0.2) is 0 Å². The minimum atomic E-state index is 0.481. The third-order valence-corrected chi connectivity index (χ3v) is 4.55.